The Morgan fingerprint density at radius 3 is 2.81 bits per heavy atom. The number of aromatic carboxylic acids is 1. The molecule has 108 valence electrons. The molecular weight excluding hydrogens is 276 g/mol. The Bertz CT molecular complexity index is 633. The van der Waals surface area contributed by atoms with Crippen LogP contribution in [-0.2, 0) is 4.79 Å². The molecule has 2 aromatic heterocycles. The van der Waals surface area contributed by atoms with Gasteiger partial charge in [-0.3, -0.25) is 20.6 Å². The zero-order valence-corrected chi connectivity index (χ0v) is 10.8. The van der Waals surface area contributed by atoms with Gasteiger partial charge in [-0.05, 0) is 18.2 Å². The second-order valence-corrected chi connectivity index (χ2v) is 3.85. The lowest BCUT2D eigenvalue weighted by molar-refractivity contribution is -0.122. The summed E-state index contributed by atoms with van der Waals surface area (Å²) in [7, 11) is 0. The molecule has 0 unspecified atom stereocenters. The summed E-state index contributed by atoms with van der Waals surface area (Å²) >= 11 is 0. The molecule has 2 rings (SSSR count). The lowest BCUT2D eigenvalue weighted by Gasteiger charge is -2.10. The fourth-order valence-electron chi connectivity index (χ4n) is 1.42. The monoisotopic (exact) mass is 288 g/mol. The summed E-state index contributed by atoms with van der Waals surface area (Å²) in [6.07, 6.45) is 4.14. The summed E-state index contributed by atoms with van der Waals surface area (Å²) in [5, 5.41) is 8.95. The van der Waals surface area contributed by atoms with Crippen LogP contribution in [-0.4, -0.2) is 33.6 Å². The summed E-state index contributed by atoms with van der Waals surface area (Å²) in [6, 6.07) is 6.46. The van der Waals surface area contributed by atoms with Gasteiger partial charge < -0.3 is 9.84 Å². The summed E-state index contributed by atoms with van der Waals surface area (Å²) in [5.41, 5.74) is 4.91. The Labute approximate surface area is 119 Å². The van der Waals surface area contributed by atoms with Crippen LogP contribution in [0.15, 0.2) is 42.9 Å². The van der Waals surface area contributed by atoms with Crippen molar-refractivity contribution in [2.75, 3.05) is 12.0 Å². The van der Waals surface area contributed by atoms with Gasteiger partial charge in [-0.25, -0.2) is 9.78 Å². The molecule has 0 atom stereocenters. The van der Waals surface area contributed by atoms with E-state index in [4.69, 9.17) is 9.84 Å². The second kappa shape index (κ2) is 6.85. The molecule has 1 amide bonds. The van der Waals surface area contributed by atoms with Crippen molar-refractivity contribution in [3.8, 4) is 5.75 Å². The normalized spacial score (nSPS) is 9.71. The number of carbonyl (C=O) groups is 2. The minimum Gasteiger partial charge on any atom is -0.481 e. The molecule has 0 aromatic carbocycles. The first-order valence-corrected chi connectivity index (χ1v) is 5.93. The molecule has 0 bridgehead atoms. The number of aromatic nitrogens is 2. The fourth-order valence-corrected chi connectivity index (χ4v) is 1.42. The van der Waals surface area contributed by atoms with E-state index >= 15 is 0 Å². The summed E-state index contributed by atoms with van der Waals surface area (Å²) < 4.78 is 5.13. The van der Waals surface area contributed by atoms with Crippen molar-refractivity contribution in [1.29, 1.82) is 0 Å². The second-order valence-electron chi connectivity index (χ2n) is 3.85. The van der Waals surface area contributed by atoms with Gasteiger partial charge in [0.2, 0.25) is 0 Å². The first kappa shape index (κ1) is 14.3. The van der Waals surface area contributed by atoms with Crippen LogP contribution in [0.4, 0.5) is 5.82 Å². The number of amides is 1. The molecule has 0 saturated heterocycles. The minimum absolute atomic E-state index is 0.0259. The molecule has 0 aliphatic rings. The van der Waals surface area contributed by atoms with Gasteiger partial charge in [-0.2, -0.15) is 0 Å². The van der Waals surface area contributed by atoms with E-state index in [2.05, 4.69) is 20.8 Å². The number of ether oxygens (including phenoxy) is 1. The van der Waals surface area contributed by atoms with Crippen LogP contribution < -0.4 is 15.6 Å². The number of rotatable bonds is 6. The van der Waals surface area contributed by atoms with Gasteiger partial charge in [0.15, 0.2) is 12.4 Å². The number of hydrogen-bond acceptors (Lipinski definition) is 6. The molecule has 2 aromatic rings. The Balaban J connectivity index is 1.86. The van der Waals surface area contributed by atoms with Crippen molar-refractivity contribution in [3.05, 3.63) is 48.4 Å². The number of pyridine rings is 2. The first-order chi connectivity index (χ1) is 10.2. The molecule has 0 saturated carbocycles. The molecule has 0 aliphatic heterocycles. The zero-order valence-electron chi connectivity index (χ0n) is 10.8. The van der Waals surface area contributed by atoms with E-state index in [9.17, 15) is 9.59 Å². The Kier molecular flexibility index (Phi) is 4.65. The zero-order chi connectivity index (χ0) is 15.1. The van der Waals surface area contributed by atoms with Gasteiger partial charge >= 0.3 is 5.97 Å². The highest BCUT2D eigenvalue weighted by atomic mass is 16.5. The fraction of sp³-hybridized carbons (Fsp3) is 0.0769. The van der Waals surface area contributed by atoms with Crippen molar-refractivity contribution in [1.82, 2.24) is 15.4 Å². The van der Waals surface area contributed by atoms with Gasteiger partial charge in [0.1, 0.15) is 11.4 Å². The van der Waals surface area contributed by atoms with Gasteiger partial charge in [0.25, 0.3) is 5.91 Å². The van der Waals surface area contributed by atoms with E-state index in [0.29, 0.717) is 5.82 Å². The van der Waals surface area contributed by atoms with Gasteiger partial charge in [0.05, 0.1) is 6.20 Å². The van der Waals surface area contributed by atoms with Gasteiger partial charge in [0, 0.05) is 12.4 Å². The predicted molar refractivity (Wildman–Crippen MR) is 72.7 cm³/mol. The maximum Gasteiger partial charge on any atom is 0.339 e. The number of nitrogens with zero attached hydrogens (tertiary/aromatic N) is 2. The molecule has 8 heteroatoms. The lowest BCUT2D eigenvalue weighted by atomic mass is 10.2. The molecular formula is C13H12N4O4. The van der Waals surface area contributed by atoms with Crippen LogP contribution >= 0.6 is 0 Å². The molecule has 2 heterocycles. The molecule has 0 spiro atoms. The van der Waals surface area contributed by atoms with Crippen molar-refractivity contribution in [2.24, 2.45) is 0 Å². The van der Waals surface area contributed by atoms with Crippen LogP contribution in [0.25, 0.3) is 0 Å². The predicted octanol–water partition coefficient (Wildman–Crippen LogP) is 0.697. The summed E-state index contributed by atoms with van der Waals surface area (Å²) in [4.78, 5) is 30.2. The van der Waals surface area contributed by atoms with E-state index in [1.165, 1.54) is 18.5 Å². The number of nitrogens with one attached hydrogen (secondary N) is 2. The highest BCUT2D eigenvalue weighted by Crippen LogP contribution is 2.15. The van der Waals surface area contributed by atoms with E-state index in [0.717, 1.165) is 0 Å². The third kappa shape index (κ3) is 4.16. The third-order valence-corrected chi connectivity index (χ3v) is 2.37. The number of carboxylic acids is 1. The number of anilines is 1. The van der Waals surface area contributed by atoms with Gasteiger partial charge in [-0.15, -0.1) is 0 Å². The van der Waals surface area contributed by atoms with Crippen molar-refractivity contribution in [3.63, 3.8) is 0 Å². The average molecular weight is 288 g/mol. The largest absolute Gasteiger partial charge is 0.481 e. The maximum atomic E-state index is 11.6. The number of carbonyl (C=O) groups excluding carboxylic acids is 1. The molecule has 21 heavy (non-hydrogen) atoms. The van der Waals surface area contributed by atoms with Crippen molar-refractivity contribution in [2.45, 2.75) is 0 Å². The topological polar surface area (TPSA) is 113 Å². The number of carboxylic acid groups (broad SMARTS) is 1. The number of hydrogen-bond donors (Lipinski definition) is 3. The van der Waals surface area contributed by atoms with Crippen molar-refractivity contribution < 1.29 is 19.4 Å². The van der Waals surface area contributed by atoms with Crippen LogP contribution in [0.3, 0.4) is 0 Å². The molecule has 3 N–H and O–H groups in total. The minimum atomic E-state index is -1.15. The van der Waals surface area contributed by atoms with Crippen LogP contribution in [0.1, 0.15) is 10.4 Å². The van der Waals surface area contributed by atoms with Crippen LogP contribution in [0, 0.1) is 0 Å². The highest BCUT2D eigenvalue weighted by molar-refractivity contribution is 5.90. The Morgan fingerprint density at radius 1 is 1.24 bits per heavy atom. The van der Waals surface area contributed by atoms with E-state index in [1.807, 2.05) is 0 Å². The van der Waals surface area contributed by atoms with Gasteiger partial charge in [-0.1, -0.05) is 6.07 Å². The standard InChI is InChI=1S/C13H12N4O4/c18-12(17-16-11-3-1-2-5-15-11)8-21-10-7-14-6-4-9(10)13(19)20/h1-7H,8H2,(H,15,16)(H,17,18)(H,19,20). The Hall–Kier alpha value is -3.16. The quantitative estimate of drug-likeness (QED) is 0.670. The average Bonchev–Trinajstić information content (AvgIpc) is 2.52. The van der Waals surface area contributed by atoms with Crippen LogP contribution in [0.2, 0.25) is 0 Å². The molecule has 0 fully saturated rings. The molecule has 0 radical (unpaired) electrons. The third-order valence-electron chi connectivity index (χ3n) is 2.37. The summed E-state index contributed by atoms with van der Waals surface area (Å²) in [5.74, 6) is -1.14. The van der Waals surface area contributed by atoms with E-state index in [1.54, 1.807) is 24.4 Å². The maximum absolute atomic E-state index is 11.6. The van der Waals surface area contributed by atoms with E-state index < -0.39 is 11.9 Å². The summed E-state index contributed by atoms with van der Waals surface area (Å²) in [6.45, 7) is -0.355. The number of hydrazine groups is 1. The smallest absolute Gasteiger partial charge is 0.339 e. The molecule has 0 aliphatic carbocycles. The van der Waals surface area contributed by atoms with Crippen LogP contribution in [0.5, 0.6) is 5.75 Å². The highest BCUT2D eigenvalue weighted by Gasteiger charge is 2.12. The Morgan fingerprint density at radius 2 is 2.10 bits per heavy atom. The molecule has 8 nitrogen and oxygen atoms in total. The SMILES string of the molecule is O=C(COc1cnccc1C(=O)O)NNc1ccccn1. The van der Waals surface area contributed by atoms with E-state index in [-0.39, 0.29) is 17.9 Å². The first-order valence-electron chi connectivity index (χ1n) is 5.93. The lowest BCUT2D eigenvalue weighted by Crippen LogP contribution is -2.34. The van der Waals surface area contributed by atoms with Crippen molar-refractivity contribution >= 4 is 17.7 Å².